The molecule has 3 N–H and O–H groups in total. The van der Waals surface area contributed by atoms with Crippen LogP contribution in [0.15, 0.2) is 36.4 Å². The van der Waals surface area contributed by atoms with E-state index in [4.69, 9.17) is 11.6 Å². The maximum Gasteiger partial charge on any atom is 0.416 e. The van der Waals surface area contributed by atoms with Crippen molar-refractivity contribution in [1.29, 1.82) is 0 Å². The second kappa shape index (κ2) is 9.31. The lowest BCUT2D eigenvalue weighted by atomic mass is 10.0. The molecule has 1 atom stereocenters. The minimum atomic E-state index is -4.56. The lowest BCUT2D eigenvalue weighted by molar-refractivity contribution is -0.137. The Morgan fingerprint density at radius 3 is 2.23 bits per heavy atom. The highest BCUT2D eigenvalue weighted by Crippen LogP contribution is 2.34. The van der Waals surface area contributed by atoms with Gasteiger partial charge >= 0.3 is 6.18 Å². The summed E-state index contributed by atoms with van der Waals surface area (Å²) in [6.07, 6.45) is -3.71. The summed E-state index contributed by atoms with van der Waals surface area (Å²) in [5.74, 6) is -1.73. The molecule has 0 unspecified atom stereocenters. The standard InChI is InChI=1S/C19H20ClF4N3O3S/c1-10(2)17(26-15-7-4-11(8-13(15)20)19(22,23)24)18(28)25-12-5-6-14(21)16(9-12)27-31(3,29)30/h4-10,17,26-27H,1-3H3,(H,25,28)/t17-/m1/s1. The molecule has 12 heteroatoms. The Kier molecular flexibility index (Phi) is 7.43. The van der Waals surface area contributed by atoms with Crippen molar-refractivity contribution in [1.82, 2.24) is 0 Å². The van der Waals surface area contributed by atoms with Gasteiger partial charge in [0.15, 0.2) is 0 Å². The van der Waals surface area contributed by atoms with Crippen LogP contribution < -0.4 is 15.4 Å². The number of alkyl halides is 3. The summed E-state index contributed by atoms with van der Waals surface area (Å²) in [5, 5.41) is 5.13. The molecule has 0 saturated heterocycles. The number of benzene rings is 2. The zero-order chi connectivity index (χ0) is 23.6. The SMILES string of the molecule is CC(C)[C@@H](Nc1ccc(C(F)(F)F)cc1Cl)C(=O)Nc1ccc(F)c(NS(C)(=O)=O)c1. The van der Waals surface area contributed by atoms with E-state index < -0.39 is 39.5 Å². The minimum absolute atomic E-state index is 0.114. The number of sulfonamides is 1. The number of halogens is 5. The maximum atomic E-state index is 13.8. The fourth-order valence-electron chi connectivity index (χ4n) is 2.61. The van der Waals surface area contributed by atoms with Crippen LogP contribution in [-0.4, -0.2) is 26.6 Å². The molecule has 0 fully saturated rings. The van der Waals surface area contributed by atoms with Crippen molar-refractivity contribution in [2.24, 2.45) is 5.92 Å². The number of anilines is 3. The highest BCUT2D eigenvalue weighted by molar-refractivity contribution is 7.92. The molecule has 6 nitrogen and oxygen atoms in total. The van der Waals surface area contributed by atoms with Crippen molar-refractivity contribution >= 4 is 44.6 Å². The Labute approximate surface area is 182 Å². The molecule has 2 aromatic rings. The van der Waals surface area contributed by atoms with Crippen LogP contribution in [0.25, 0.3) is 0 Å². The van der Waals surface area contributed by atoms with Gasteiger partial charge in [0.05, 0.1) is 28.2 Å². The first-order chi connectivity index (χ1) is 14.2. The molecule has 0 heterocycles. The summed E-state index contributed by atoms with van der Waals surface area (Å²) < 4.78 is 77.0. The number of carbonyl (C=O) groups excluding carboxylic acids is 1. The number of nitrogens with one attached hydrogen (secondary N) is 3. The summed E-state index contributed by atoms with van der Waals surface area (Å²) in [4.78, 5) is 12.7. The highest BCUT2D eigenvalue weighted by atomic mass is 35.5. The lowest BCUT2D eigenvalue weighted by Gasteiger charge is -2.24. The predicted molar refractivity (Wildman–Crippen MR) is 112 cm³/mol. The van der Waals surface area contributed by atoms with Crippen LogP contribution in [0.5, 0.6) is 0 Å². The Morgan fingerprint density at radius 2 is 1.71 bits per heavy atom. The largest absolute Gasteiger partial charge is 0.416 e. The molecule has 1 amide bonds. The monoisotopic (exact) mass is 481 g/mol. The normalized spacial score (nSPS) is 13.1. The van der Waals surface area contributed by atoms with E-state index in [2.05, 4.69) is 10.6 Å². The predicted octanol–water partition coefficient (Wildman–Crippen LogP) is 4.94. The number of rotatable bonds is 7. The molecule has 2 aromatic carbocycles. The van der Waals surface area contributed by atoms with Gasteiger partial charge in [0.1, 0.15) is 11.9 Å². The molecular weight excluding hydrogens is 462 g/mol. The van der Waals surface area contributed by atoms with Crippen molar-refractivity contribution in [2.75, 3.05) is 21.6 Å². The molecule has 0 aliphatic rings. The van der Waals surface area contributed by atoms with Gasteiger partial charge < -0.3 is 10.6 Å². The summed E-state index contributed by atoms with van der Waals surface area (Å²) in [6, 6.07) is 5.13. The summed E-state index contributed by atoms with van der Waals surface area (Å²) in [5.41, 5.74) is -1.03. The Balaban J connectivity index is 2.23. The van der Waals surface area contributed by atoms with Crippen molar-refractivity contribution in [3.05, 3.63) is 52.8 Å². The van der Waals surface area contributed by atoms with Gasteiger partial charge in [0.25, 0.3) is 0 Å². The van der Waals surface area contributed by atoms with E-state index in [0.717, 1.165) is 36.6 Å². The quantitative estimate of drug-likeness (QED) is 0.489. The topological polar surface area (TPSA) is 87.3 Å². The fourth-order valence-corrected chi connectivity index (χ4v) is 3.40. The number of carbonyl (C=O) groups is 1. The summed E-state index contributed by atoms with van der Waals surface area (Å²) >= 11 is 5.95. The molecule has 2 rings (SSSR count). The third-order valence-electron chi connectivity index (χ3n) is 4.09. The van der Waals surface area contributed by atoms with E-state index in [1.807, 2.05) is 4.72 Å². The summed E-state index contributed by atoms with van der Waals surface area (Å²) in [6.45, 7) is 3.41. The average Bonchev–Trinajstić information content (AvgIpc) is 2.61. The molecule has 0 radical (unpaired) electrons. The van der Waals surface area contributed by atoms with E-state index in [1.54, 1.807) is 13.8 Å². The first-order valence-electron chi connectivity index (χ1n) is 8.89. The van der Waals surface area contributed by atoms with Gasteiger partial charge in [0, 0.05) is 5.69 Å². The minimum Gasteiger partial charge on any atom is -0.372 e. The molecule has 0 aromatic heterocycles. The van der Waals surface area contributed by atoms with Crippen molar-refractivity contribution in [3.8, 4) is 0 Å². The van der Waals surface area contributed by atoms with Crippen LogP contribution in [-0.2, 0) is 21.0 Å². The zero-order valence-corrected chi connectivity index (χ0v) is 18.2. The molecule has 0 bridgehead atoms. The highest BCUT2D eigenvalue weighted by Gasteiger charge is 2.31. The molecule has 0 spiro atoms. The second-order valence-electron chi connectivity index (χ2n) is 7.12. The third-order valence-corrected chi connectivity index (χ3v) is 4.99. The van der Waals surface area contributed by atoms with Crippen LogP contribution in [0.2, 0.25) is 5.02 Å². The Hall–Kier alpha value is -2.53. The maximum absolute atomic E-state index is 13.8. The number of hydrogen-bond donors (Lipinski definition) is 3. The molecular formula is C19H20ClF4N3O3S. The van der Waals surface area contributed by atoms with Crippen molar-refractivity contribution in [2.45, 2.75) is 26.1 Å². The molecule has 0 saturated carbocycles. The van der Waals surface area contributed by atoms with Crippen LogP contribution in [0, 0.1) is 11.7 Å². The smallest absolute Gasteiger partial charge is 0.372 e. The van der Waals surface area contributed by atoms with Crippen molar-refractivity contribution < 1.29 is 30.8 Å². The fraction of sp³-hybridized carbons (Fsp3) is 0.316. The Bertz CT molecular complexity index is 1080. The van der Waals surface area contributed by atoms with Gasteiger partial charge in [-0.15, -0.1) is 0 Å². The lowest BCUT2D eigenvalue weighted by Crippen LogP contribution is -2.39. The van der Waals surface area contributed by atoms with E-state index in [1.165, 1.54) is 6.07 Å². The molecule has 0 aliphatic carbocycles. The first kappa shape index (κ1) is 24.7. The number of amides is 1. The summed E-state index contributed by atoms with van der Waals surface area (Å²) in [7, 11) is -3.74. The van der Waals surface area contributed by atoms with E-state index in [0.29, 0.717) is 0 Å². The van der Waals surface area contributed by atoms with Crippen LogP contribution in [0.1, 0.15) is 19.4 Å². The first-order valence-corrected chi connectivity index (χ1v) is 11.2. The van der Waals surface area contributed by atoms with Crippen LogP contribution in [0.3, 0.4) is 0 Å². The third kappa shape index (κ3) is 7.00. The molecule has 170 valence electrons. The zero-order valence-electron chi connectivity index (χ0n) is 16.6. The average molecular weight is 482 g/mol. The van der Waals surface area contributed by atoms with Crippen molar-refractivity contribution in [3.63, 3.8) is 0 Å². The van der Waals surface area contributed by atoms with E-state index in [-0.39, 0.29) is 28.0 Å². The molecule has 0 aliphatic heterocycles. The van der Waals surface area contributed by atoms with Crippen LogP contribution in [0.4, 0.5) is 34.6 Å². The van der Waals surface area contributed by atoms with Crippen LogP contribution >= 0.6 is 11.6 Å². The van der Waals surface area contributed by atoms with E-state index >= 15 is 0 Å². The number of hydrogen-bond acceptors (Lipinski definition) is 4. The Morgan fingerprint density at radius 1 is 1.06 bits per heavy atom. The van der Waals surface area contributed by atoms with Gasteiger partial charge in [-0.05, 0) is 42.3 Å². The van der Waals surface area contributed by atoms with Gasteiger partial charge in [0.2, 0.25) is 15.9 Å². The van der Waals surface area contributed by atoms with Gasteiger partial charge in [-0.25, -0.2) is 12.8 Å². The van der Waals surface area contributed by atoms with Gasteiger partial charge in [-0.2, -0.15) is 13.2 Å². The van der Waals surface area contributed by atoms with Gasteiger partial charge in [-0.1, -0.05) is 25.4 Å². The second-order valence-corrected chi connectivity index (χ2v) is 9.27. The van der Waals surface area contributed by atoms with Gasteiger partial charge in [-0.3, -0.25) is 9.52 Å². The molecule has 31 heavy (non-hydrogen) atoms. The van der Waals surface area contributed by atoms with E-state index in [9.17, 15) is 30.8 Å².